The van der Waals surface area contributed by atoms with Gasteiger partial charge in [0.2, 0.25) is 10.0 Å². The van der Waals surface area contributed by atoms with Crippen molar-refractivity contribution in [1.29, 1.82) is 0 Å². The van der Waals surface area contributed by atoms with Gasteiger partial charge in [0.15, 0.2) is 0 Å². The summed E-state index contributed by atoms with van der Waals surface area (Å²) in [6.07, 6.45) is 0. The molecule has 114 valence electrons. The Hall–Kier alpha value is -0.450. The summed E-state index contributed by atoms with van der Waals surface area (Å²) in [5.74, 6) is -1.17. The van der Waals surface area contributed by atoms with Gasteiger partial charge in [0.25, 0.3) is 0 Å². The topological polar surface area (TPSA) is 83.5 Å². The van der Waals surface area contributed by atoms with Gasteiger partial charge in [-0.3, -0.25) is 0 Å². The zero-order valence-corrected chi connectivity index (χ0v) is 15.3. The summed E-state index contributed by atoms with van der Waals surface area (Å²) in [5, 5.41) is 8.91. The molecule has 0 radical (unpaired) electrons. The highest BCUT2D eigenvalue weighted by Crippen LogP contribution is 2.33. The molecule has 2 aromatic rings. The number of carboxylic acid groups (broad SMARTS) is 1. The Morgan fingerprint density at radius 2 is 2.10 bits per heavy atom. The molecule has 1 unspecified atom stereocenters. The van der Waals surface area contributed by atoms with E-state index in [0.717, 1.165) is 22.3 Å². The van der Waals surface area contributed by atoms with Crippen LogP contribution in [-0.4, -0.2) is 19.5 Å². The maximum absolute atomic E-state index is 12.3. The average Bonchev–Trinajstić information content (AvgIpc) is 2.95. The average molecular weight is 431 g/mol. The number of rotatable bonds is 5. The number of aromatic carboxylic acids is 1. The Morgan fingerprint density at radius 3 is 2.57 bits per heavy atom. The van der Waals surface area contributed by atoms with Gasteiger partial charge in [0.05, 0.1) is 14.2 Å². The third kappa shape index (κ3) is 3.85. The van der Waals surface area contributed by atoms with Crippen LogP contribution in [0.1, 0.15) is 27.5 Å². The highest BCUT2D eigenvalue weighted by molar-refractivity contribution is 9.11. The maximum atomic E-state index is 12.3. The molecule has 0 aliphatic heterocycles. The molecule has 2 N–H and O–H groups in total. The first-order chi connectivity index (χ1) is 9.70. The second-order valence-electron chi connectivity index (χ2n) is 4.04. The third-order valence-corrected chi connectivity index (χ3v) is 7.70. The molecule has 0 saturated carbocycles. The lowest BCUT2D eigenvalue weighted by Crippen LogP contribution is -2.26. The smallest absolute Gasteiger partial charge is 0.345 e. The Morgan fingerprint density at radius 1 is 1.43 bits per heavy atom. The van der Waals surface area contributed by atoms with Crippen molar-refractivity contribution in [2.75, 3.05) is 0 Å². The van der Waals surface area contributed by atoms with E-state index in [0.29, 0.717) is 4.34 Å². The molecule has 5 nitrogen and oxygen atoms in total. The monoisotopic (exact) mass is 429 g/mol. The largest absolute Gasteiger partial charge is 0.477 e. The lowest BCUT2D eigenvalue weighted by atomic mass is 10.3. The van der Waals surface area contributed by atoms with Gasteiger partial charge < -0.3 is 5.11 Å². The van der Waals surface area contributed by atoms with Crippen LogP contribution in [0.15, 0.2) is 26.9 Å². The van der Waals surface area contributed by atoms with Crippen LogP contribution in [0.25, 0.3) is 0 Å². The lowest BCUT2D eigenvalue weighted by Gasteiger charge is -2.12. The number of halogens is 2. The molecule has 0 amide bonds. The molecule has 0 bridgehead atoms. The van der Waals surface area contributed by atoms with Crippen LogP contribution >= 0.6 is 50.2 Å². The van der Waals surface area contributed by atoms with Crippen molar-refractivity contribution in [2.24, 2.45) is 0 Å². The van der Waals surface area contributed by atoms with Crippen LogP contribution in [0.3, 0.4) is 0 Å². The standard InChI is InChI=1S/C11H9BrClNO4S3/c1-5(6-2-3-9(13)19-6)14-21(17,18)8-4-7(11(15)16)20-10(8)12/h2-5,14H,1H3,(H,15,16). The van der Waals surface area contributed by atoms with Crippen molar-refractivity contribution in [3.05, 3.63) is 36.1 Å². The molecular weight excluding hydrogens is 422 g/mol. The van der Waals surface area contributed by atoms with Gasteiger partial charge in [-0.05, 0) is 41.1 Å². The van der Waals surface area contributed by atoms with Crippen molar-refractivity contribution in [3.63, 3.8) is 0 Å². The van der Waals surface area contributed by atoms with E-state index < -0.39 is 22.0 Å². The minimum Gasteiger partial charge on any atom is -0.477 e. The van der Waals surface area contributed by atoms with Crippen molar-refractivity contribution in [3.8, 4) is 0 Å². The fourth-order valence-corrected chi connectivity index (χ4v) is 6.32. The minimum absolute atomic E-state index is 0.0472. The van der Waals surface area contributed by atoms with E-state index in [2.05, 4.69) is 20.7 Å². The quantitative estimate of drug-likeness (QED) is 0.752. The summed E-state index contributed by atoms with van der Waals surface area (Å²) < 4.78 is 28.0. The fourth-order valence-electron chi connectivity index (χ4n) is 1.56. The predicted octanol–water partition coefficient (Wildman–Crippen LogP) is 3.96. The van der Waals surface area contributed by atoms with Crippen LogP contribution in [-0.2, 0) is 10.0 Å². The molecule has 0 saturated heterocycles. The molecule has 0 fully saturated rings. The summed E-state index contributed by atoms with van der Waals surface area (Å²) in [6, 6.07) is 4.10. The van der Waals surface area contributed by atoms with E-state index in [1.54, 1.807) is 19.1 Å². The molecule has 10 heteroatoms. The van der Waals surface area contributed by atoms with Crippen LogP contribution in [0.2, 0.25) is 4.34 Å². The zero-order valence-electron chi connectivity index (χ0n) is 10.5. The first-order valence-corrected chi connectivity index (χ1v) is 9.79. The van der Waals surface area contributed by atoms with Crippen LogP contribution < -0.4 is 4.72 Å². The molecule has 21 heavy (non-hydrogen) atoms. The molecule has 2 rings (SSSR count). The van der Waals surface area contributed by atoms with Gasteiger partial charge in [-0.15, -0.1) is 22.7 Å². The maximum Gasteiger partial charge on any atom is 0.345 e. The summed E-state index contributed by atoms with van der Waals surface area (Å²) in [4.78, 5) is 11.5. The van der Waals surface area contributed by atoms with E-state index in [9.17, 15) is 13.2 Å². The Balaban J connectivity index is 2.28. The highest BCUT2D eigenvalue weighted by Gasteiger charge is 2.25. The van der Waals surface area contributed by atoms with E-state index in [4.69, 9.17) is 16.7 Å². The summed E-state index contributed by atoms with van der Waals surface area (Å²) in [5.41, 5.74) is 0. The van der Waals surface area contributed by atoms with Gasteiger partial charge in [0, 0.05) is 4.88 Å². The second kappa shape index (κ2) is 6.35. The number of sulfonamides is 1. The Bertz CT molecular complexity index is 783. The van der Waals surface area contributed by atoms with Crippen molar-refractivity contribution >= 4 is 66.2 Å². The van der Waals surface area contributed by atoms with Crippen molar-refractivity contribution in [1.82, 2.24) is 4.72 Å². The number of carboxylic acids is 1. The first kappa shape index (κ1) is 16.9. The van der Waals surface area contributed by atoms with Crippen LogP contribution in [0, 0.1) is 0 Å². The van der Waals surface area contributed by atoms with Gasteiger partial charge in [-0.2, -0.15) is 0 Å². The molecule has 0 aliphatic rings. The van der Waals surface area contributed by atoms with E-state index in [1.807, 2.05) is 0 Å². The fraction of sp³-hybridized carbons (Fsp3) is 0.182. The summed E-state index contributed by atoms with van der Waals surface area (Å²) >= 11 is 11.1. The normalized spacial score (nSPS) is 13.3. The van der Waals surface area contributed by atoms with Gasteiger partial charge in [0.1, 0.15) is 9.77 Å². The molecule has 0 aromatic carbocycles. The van der Waals surface area contributed by atoms with E-state index in [1.165, 1.54) is 11.3 Å². The molecule has 1 atom stereocenters. The first-order valence-electron chi connectivity index (χ1n) is 5.51. The number of hydrogen-bond donors (Lipinski definition) is 2. The van der Waals surface area contributed by atoms with Crippen LogP contribution in [0.4, 0.5) is 0 Å². The number of hydrogen-bond acceptors (Lipinski definition) is 5. The SMILES string of the molecule is CC(NS(=O)(=O)c1cc(C(=O)O)sc1Br)c1ccc(Cl)s1. The molecule has 2 heterocycles. The van der Waals surface area contributed by atoms with E-state index in [-0.39, 0.29) is 13.6 Å². The Kier molecular flexibility index (Phi) is 5.11. The Labute approximate surface area is 142 Å². The summed E-state index contributed by atoms with van der Waals surface area (Å²) in [7, 11) is -3.83. The van der Waals surface area contributed by atoms with Gasteiger partial charge in [-0.25, -0.2) is 17.9 Å². The highest BCUT2D eigenvalue weighted by atomic mass is 79.9. The number of thiophene rings is 2. The third-order valence-electron chi connectivity index (χ3n) is 2.51. The van der Waals surface area contributed by atoms with Gasteiger partial charge in [-0.1, -0.05) is 11.6 Å². The van der Waals surface area contributed by atoms with Gasteiger partial charge >= 0.3 is 5.97 Å². The second-order valence-corrected chi connectivity index (χ2v) is 9.84. The summed E-state index contributed by atoms with van der Waals surface area (Å²) in [6.45, 7) is 1.69. The molecule has 0 aliphatic carbocycles. The number of carbonyl (C=O) groups is 1. The minimum atomic E-state index is -3.83. The van der Waals surface area contributed by atoms with Crippen molar-refractivity contribution < 1.29 is 18.3 Å². The molecular formula is C11H9BrClNO4S3. The zero-order chi connectivity index (χ0) is 15.8. The van der Waals surface area contributed by atoms with Crippen molar-refractivity contribution in [2.45, 2.75) is 17.9 Å². The predicted molar refractivity (Wildman–Crippen MR) is 87.0 cm³/mol. The number of nitrogens with one attached hydrogen (secondary N) is 1. The van der Waals surface area contributed by atoms with Crippen LogP contribution in [0.5, 0.6) is 0 Å². The van der Waals surface area contributed by atoms with E-state index >= 15 is 0 Å². The lowest BCUT2D eigenvalue weighted by molar-refractivity contribution is 0.0702. The molecule has 0 spiro atoms. The molecule has 2 aromatic heterocycles.